The summed E-state index contributed by atoms with van der Waals surface area (Å²) in [6, 6.07) is 8.67. The quantitative estimate of drug-likeness (QED) is 0.933. The largest absolute Gasteiger partial charge is 0.373 e. The van der Waals surface area contributed by atoms with Crippen molar-refractivity contribution < 1.29 is 4.74 Å². The third-order valence-corrected chi connectivity index (χ3v) is 3.66. The third-order valence-electron chi connectivity index (χ3n) is 3.66. The van der Waals surface area contributed by atoms with E-state index in [1.807, 2.05) is 12.4 Å². The molecule has 106 valence electrons. The Labute approximate surface area is 119 Å². The van der Waals surface area contributed by atoms with Crippen LogP contribution in [0.1, 0.15) is 19.4 Å². The number of morpholine rings is 1. The second-order valence-electron chi connectivity index (χ2n) is 5.64. The Morgan fingerprint density at radius 2 is 2.05 bits per heavy atom. The third kappa shape index (κ3) is 3.08. The first-order valence-corrected chi connectivity index (χ1v) is 7.16. The van der Waals surface area contributed by atoms with Gasteiger partial charge in [-0.2, -0.15) is 5.10 Å². The van der Waals surface area contributed by atoms with Gasteiger partial charge < -0.3 is 4.74 Å². The van der Waals surface area contributed by atoms with Crippen molar-refractivity contribution in [2.75, 3.05) is 13.1 Å². The summed E-state index contributed by atoms with van der Waals surface area (Å²) >= 11 is 0. The van der Waals surface area contributed by atoms with Crippen LogP contribution < -0.4 is 0 Å². The fourth-order valence-electron chi connectivity index (χ4n) is 2.93. The Balaban J connectivity index is 1.73. The second-order valence-corrected chi connectivity index (χ2v) is 5.64. The molecular weight excluding hydrogens is 250 g/mol. The minimum atomic E-state index is 0.316. The number of ether oxygens (including phenoxy) is 1. The first kappa shape index (κ1) is 13.3. The summed E-state index contributed by atoms with van der Waals surface area (Å²) in [7, 11) is 0. The molecule has 4 nitrogen and oxygen atoms in total. The summed E-state index contributed by atoms with van der Waals surface area (Å²) in [6.45, 7) is 7.26. The number of benzene rings is 1. The summed E-state index contributed by atoms with van der Waals surface area (Å²) in [6.07, 6.45) is 4.42. The lowest BCUT2D eigenvalue weighted by molar-refractivity contribution is -0.0704. The molecule has 0 aliphatic carbocycles. The maximum atomic E-state index is 5.78. The highest BCUT2D eigenvalue weighted by atomic mass is 16.5. The van der Waals surface area contributed by atoms with Crippen molar-refractivity contribution in [1.82, 2.24) is 15.1 Å². The minimum Gasteiger partial charge on any atom is -0.373 e. The second kappa shape index (κ2) is 5.77. The van der Waals surface area contributed by atoms with E-state index < -0.39 is 0 Å². The number of aromatic amines is 1. The Hall–Kier alpha value is -1.65. The maximum absolute atomic E-state index is 5.78. The van der Waals surface area contributed by atoms with Gasteiger partial charge in [-0.25, -0.2) is 0 Å². The average Bonchev–Trinajstić information content (AvgIpc) is 2.91. The molecule has 4 heteroatoms. The minimum absolute atomic E-state index is 0.316. The van der Waals surface area contributed by atoms with Crippen molar-refractivity contribution in [2.24, 2.45) is 0 Å². The van der Waals surface area contributed by atoms with Crippen molar-refractivity contribution in [3.63, 3.8) is 0 Å². The number of rotatable bonds is 3. The van der Waals surface area contributed by atoms with Crippen LogP contribution in [-0.2, 0) is 11.3 Å². The number of hydrogen-bond donors (Lipinski definition) is 1. The Morgan fingerprint density at radius 3 is 2.75 bits per heavy atom. The van der Waals surface area contributed by atoms with Gasteiger partial charge in [-0.1, -0.05) is 18.2 Å². The van der Waals surface area contributed by atoms with E-state index >= 15 is 0 Å². The molecule has 0 saturated carbocycles. The highest BCUT2D eigenvalue weighted by Gasteiger charge is 2.22. The van der Waals surface area contributed by atoms with Crippen molar-refractivity contribution >= 4 is 0 Å². The van der Waals surface area contributed by atoms with Crippen molar-refractivity contribution in [3.8, 4) is 11.1 Å². The summed E-state index contributed by atoms with van der Waals surface area (Å²) in [4.78, 5) is 2.47. The molecule has 0 bridgehead atoms. The zero-order valence-corrected chi connectivity index (χ0v) is 12.0. The van der Waals surface area contributed by atoms with E-state index in [0.29, 0.717) is 12.2 Å². The summed E-state index contributed by atoms with van der Waals surface area (Å²) < 4.78 is 5.78. The van der Waals surface area contributed by atoms with Gasteiger partial charge in [0.25, 0.3) is 0 Å². The van der Waals surface area contributed by atoms with Gasteiger partial charge in [0, 0.05) is 31.4 Å². The monoisotopic (exact) mass is 271 g/mol. The highest BCUT2D eigenvalue weighted by molar-refractivity contribution is 5.62. The van der Waals surface area contributed by atoms with Gasteiger partial charge in [-0.3, -0.25) is 10.00 Å². The van der Waals surface area contributed by atoms with Gasteiger partial charge in [0.15, 0.2) is 0 Å². The van der Waals surface area contributed by atoms with Gasteiger partial charge in [0.2, 0.25) is 0 Å². The van der Waals surface area contributed by atoms with E-state index in [1.165, 1.54) is 11.1 Å². The molecule has 0 amide bonds. The molecule has 1 aromatic carbocycles. The number of H-pyrrole nitrogens is 1. The van der Waals surface area contributed by atoms with E-state index in [-0.39, 0.29) is 0 Å². The van der Waals surface area contributed by atoms with Gasteiger partial charge in [-0.05, 0) is 31.0 Å². The molecule has 2 atom stereocenters. The summed E-state index contributed by atoms with van der Waals surface area (Å²) in [5.74, 6) is 0. The summed E-state index contributed by atoms with van der Waals surface area (Å²) in [5, 5.41) is 6.88. The molecule has 2 heterocycles. The van der Waals surface area contributed by atoms with E-state index in [9.17, 15) is 0 Å². The molecule has 1 N–H and O–H groups in total. The van der Waals surface area contributed by atoms with Crippen molar-refractivity contribution in [2.45, 2.75) is 32.6 Å². The van der Waals surface area contributed by atoms with Crippen LogP contribution in [0.4, 0.5) is 0 Å². The predicted octanol–water partition coefficient (Wildman–Crippen LogP) is 2.69. The lowest BCUT2D eigenvalue weighted by Gasteiger charge is -2.35. The highest BCUT2D eigenvalue weighted by Crippen LogP contribution is 2.21. The molecule has 1 fully saturated rings. The zero-order chi connectivity index (χ0) is 13.9. The van der Waals surface area contributed by atoms with Crippen LogP contribution in [0.25, 0.3) is 11.1 Å². The normalized spacial score (nSPS) is 23.9. The van der Waals surface area contributed by atoms with Crippen LogP contribution in [0.5, 0.6) is 0 Å². The SMILES string of the molecule is C[C@@H]1CN(Cc2cccc(-c3cn[nH]c3)c2)C[C@H](C)O1. The fourth-order valence-corrected chi connectivity index (χ4v) is 2.93. The molecule has 2 aromatic rings. The Bertz CT molecular complexity index is 543. The lowest BCUT2D eigenvalue weighted by atomic mass is 10.1. The molecular formula is C16H21N3O. The van der Waals surface area contributed by atoms with Crippen LogP contribution in [-0.4, -0.2) is 40.4 Å². The zero-order valence-electron chi connectivity index (χ0n) is 12.0. The van der Waals surface area contributed by atoms with E-state index in [1.54, 1.807) is 0 Å². The maximum Gasteiger partial charge on any atom is 0.0678 e. The predicted molar refractivity (Wildman–Crippen MR) is 79.3 cm³/mol. The number of nitrogens with zero attached hydrogens (tertiary/aromatic N) is 2. The fraction of sp³-hybridized carbons (Fsp3) is 0.438. The van der Waals surface area contributed by atoms with Crippen LogP contribution >= 0.6 is 0 Å². The molecule has 0 radical (unpaired) electrons. The molecule has 1 saturated heterocycles. The van der Waals surface area contributed by atoms with Gasteiger partial charge >= 0.3 is 0 Å². The van der Waals surface area contributed by atoms with Gasteiger partial charge in [0.1, 0.15) is 0 Å². The van der Waals surface area contributed by atoms with E-state index in [4.69, 9.17) is 4.74 Å². The van der Waals surface area contributed by atoms with Gasteiger partial charge in [0.05, 0.1) is 18.4 Å². The van der Waals surface area contributed by atoms with Crippen LogP contribution in [0.2, 0.25) is 0 Å². The van der Waals surface area contributed by atoms with Crippen molar-refractivity contribution in [1.29, 1.82) is 0 Å². The molecule has 3 rings (SSSR count). The number of nitrogens with one attached hydrogen (secondary N) is 1. The topological polar surface area (TPSA) is 41.2 Å². The summed E-state index contributed by atoms with van der Waals surface area (Å²) in [5.41, 5.74) is 3.69. The van der Waals surface area contributed by atoms with Crippen LogP contribution in [0, 0.1) is 0 Å². The van der Waals surface area contributed by atoms with Crippen LogP contribution in [0.3, 0.4) is 0 Å². The Morgan fingerprint density at radius 1 is 1.25 bits per heavy atom. The first-order chi connectivity index (χ1) is 9.70. The standard InChI is InChI=1S/C16H21N3O/c1-12-9-19(10-13(2)20-12)11-14-4-3-5-15(6-14)16-7-17-18-8-16/h3-8,12-13H,9-11H2,1-2H3,(H,17,18)/t12-,13+. The van der Waals surface area contributed by atoms with Crippen LogP contribution in [0.15, 0.2) is 36.7 Å². The number of hydrogen-bond acceptors (Lipinski definition) is 3. The van der Waals surface area contributed by atoms with E-state index in [2.05, 4.69) is 53.2 Å². The lowest BCUT2D eigenvalue weighted by Crippen LogP contribution is -2.44. The average molecular weight is 271 g/mol. The van der Waals surface area contributed by atoms with E-state index in [0.717, 1.165) is 25.2 Å². The molecule has 1 aliphatic rings. The molecule has 0 unspecified atom stereocenters. The van der Waals surface area contributed by atoms with Gasteiger partial charge in [-0.15, -0.1) is 0 Å². The molecule has 1 aliphatic heterocycles. The van der Waals surface area contributed by atoms with Crippen molar-refractivity contribution in [3.05, 3.63) is 42.2 Å². The molecule has 0 spiro atoms. The first-order valence-electron chi connectivity index (χ1n) is 7.16. The molecule has 20 heavy (non-hydrogen) atoms. The number of aromatic nitrogens is 2. The smallest absolute Gasteiger partial charge is 0.0678 e. The molecule has 1 aromatic heterocycles. The Kier molecular flexibility index (Phi) is 3.85.